The number of carbonyl (C=O) groups excluding carboxylic acids is 1. The third kappa shape index (κ3) is 4.20. The van der Waals surface area contributed by atoms with Gasteiger partial charge in [-0.1, -0.05) is 6.92 Å². The van der Waals surface area contributed by atoms with E-state index in [0.29, 0.717) is 0 Å². The predicted molar refractivity (Wildman–Crippen MR) is 74.0 cm³/mol. The van der Waals surface area contributed by atoms with Gasteiger partial charge in [0.1, 0.15) is 0 Å². The van der Waals surface area contributed by atoms with Crippen molar-refractivity contribution >= 4 is 21.6 Å². The van der Waals surface area contributed by atoms with Crippen molar-refractivity contribution in [3.05, 3.63) is 18.2 Å². The molecule has 0 atom stereocenters. The smallest absolute Gasteiger partial charge is 0.395 e. The molecule has 10 heteroatoms. The Kier molecular flexibility index (Phi) is 4.40. The molecule has 2 rings (SSSR count). The second-order valence-electron chi connectivity index (χ2n) is 4.45. The maximum Gasteiger partial charge on any atom is 0.586 e. The van der Waals surface area contributed by atoms with E-state index in [2.05, 4.69) is 20.1 Å². The number of ether oxygens (including phenoxy) is 2. The van der Waals surface area contributed by atoms with Crippen LogP contribution >= 0.6 is 0 Å². The maximum atomic E-state index is 12.8. The Balaban J connectivity index is 1.88. The molecule has 0 saturated carbocycles. The molecule has 7 nitrogen and oxygen atoms in total. The lowest BCUT2D eigenvalue weighted by Gasteiger charge is -2.08. The lowest BCUT2D eigenvalue weighted by molar-refractivity contribution is -0.286. The number of anilines is 1. The van der Waals surface area contributed by atoms with Crippen LogP contribution in [0.4, 0.5) is 19.3 Å². The van der Waals surface area contributed by atoms with Crippen LogP contribution in [0.25, 0.3) is 0 Å². The number of carbonyl (C=O) groups is 1. The van der Waals surface area contributed by atoms with E-state index >= 15 is 0 Å². The van der Waals surface area contributed by atoms with Gasteiger partial charge in [0.05, 0.1) is 5.75 Å². The zero-order chi connectivity index (χ0) is 16.4. The highest BCUT2D eigenvalue weighted by Crippen LogP contribution is 2.42. The van der Waals surface area contributed by atoms with E-state index in [-0.39, 0.29) is 35.2 Å². The van der Waals surface area contributed by atoms with Crippen molar-refractivity contribution < 1.29 is 31.5 Å². The lowest BCUT2D eigenvalue weighted by Crippen LogP contribution is -2.33. The summed E-state index contributed by atoms with van der Waals surface area (Å²) in [5.74, 6) is -0.516. The summed E-state index contributed by atoms with van der Waals surface area (Å²) in [6.07, 6.45) is -3.72. The second kappa shape index (κ2) is 5.95. The van der Waals surface area contributed by atoms with E-state index in [1.165, 1.54) is 25.1 Å². The van der Waals surface area contributed by atoms with Crippen LogP contribution < -0.4 is 20.1 Å². The molecule has 2 amide bonds. The topological polar surface area (TPSA) is 93.7 Å². The fourth-order valence-corrected chi connectivity index (χ4v) is 2.37. The van der Waals surface area contributed by atoms with E-state index in [1.807, 2.05) is 0 Å². The number of sulfone groups is 1. The second-order valence-corrected chi connectivity index (χ2v) is 6.92. The zero-order valence-corrected chi connectivity index (χ0v) is 12.4. The first-order valence-electron chi connectivity index (χ1n) is 6.36. The van der Waals surface area contributed by atoms with Crippen LogP contribution in [0.15, 0.2) is 18.2 Å². The standard InChI is InChI=1S/C12H14F2N2O5S/c1-2-22(18,19)6-5-15-11(17)16-8-3-4-9-10(7-8)21-12(13,14)20-9/h3-4,7H,2,5-6H2,1H3,(H2,15,16,17). The first-order chi connectivity index (χ1) is 10.2. The van der Waals surface area contributed by atoms with E-state index in [4.69, 9.17) is 0 Å². The predicted octanol–water partition coefficient (Wildman–Crippen LogP) is 1.56. The lowest BCUT2D eigenvalue weighted by atomic mass is 10.3. The molecular weight excluding hydrogens is 322 g/mol. The number of halogens is 2. The molecule has 0 fully saturated rings. The average molecular weight is 336 g/mol. The molecule has 1 aliphatic rings. The number of rotatable bonds is 5. The van der Waals surface area contributed by atoms with Gasteiger partial charge in [-0.2, -0.15) is 0 Å². The maximum absolute atomic E-state index is 12.8. The van der Waals surface area contributed by atoms with Gasteiger partial charge in [-0.05, 0) is 12.1 Å². The number of amides is 2. The minimum Gasteiger partial charge on any atom is -0.395 e. The van der Waals surface area contributed by atoms with Gasteiger partial charge in [-0.3, -0.25) is 0 Å². The Labute approximate surface area is 125 Å². The summed E-state index contributed by atoms with van der Waals surface area (Å²) < 4.78 is 56.7. The fraction of sp³-hybridized carbons (Fsp3) is 0.417. The van der Waals surface area contributed by atoms with Gasteiger partial charge >= 0.3 is 12.3 Å². The van der Waals surface area contributed by atoms with Crippen LogP contribution in [0.1, 0.15) is 6.92 Å². The summed E-state index contributed by atoms with van der Waals surface area (Å²) in [7, 11) is -3.17. The highest BCUT2D eigenvalue weighted by molar-refractivity contribution is 7.91. The first-order valence-corrected chi connectivity index (χ1v) is 8.18. The summed E-state index contributed by atoms with van der Waals surface area (Å²) >= 11 is 0. The highest BCUT2D eigenvalue weighted by Gasteiger charge is 2.43. The number of alkyl halides is 2. The number of nitrogens with one attached hydrogen (secondary N) is 2. The van der Waals surface area contributed by atoms with Gasteiger partial charge in [0, 0.05) is 24.1 Å². The van der Waals surface area contributed by atoms with E-state index < -0.39 is 22.2 Å². The molecule has 0 saturated heterocycles. The Morgan fingerprint density at radius 2 is 1.95 bits per heavy atom. The Morgan fingerprint density at radius 3 is 2.64 bits per heavy atom. The average Bonchev–Trinajstić information content (AvgIpc) is 2.71. The van der Waals surface area contributed by atoms with Crippen LogP contribution in [0.5, 0.6) is 11.5 Å². The van der Waals surface area contributed by atoms with E-state index in [9.17, 15) is 22.0 Å². The molecule has 0 radical (unpaired) electrons. The summed E-state index contributed by atoms with van der Waals surface area (Å²) in [5, 5.41) is 4.73. The molecule has 2 N–H and O–H groups in total. The Morgan fingerprint density at radius 1 is 1.27 bits per heavy atom. The van der Waals surface area contributed by atoms with Crippen molar-refractivity contribution in [2.24, 2.45) is 0 Å². The van der Waals surface area contributed by atoms with Crippen molar-refractivity contribution in [2.45, 2.75) is 13.2 Å². The Bertz CT molecular complexity index is 678. The van der Waals surface area contributed by atoms with Crippen LogP contribution in [-0.4, -0.2) is 38.8 Å². The number of hydrogen-bond acceptors (Lipinski definition) is 5. The highest BCUT2D eigenvalue weighted by atomic mass is 32.2. The fourth-order valence-electron chi connectivity index (χ4n) is 1.67. The van der Waals surface area contributed by atoms with E-state index in [0.717, 1.165) is 0 Å². The minimum absolute atomic E-state index is 0.00727. The molecule has 1 aromatic rings. The number of urea groups is 1. The largest absolute Gasteiger partial charge is 0.586 e. The molecule has 1 heterocycles. The molecule has 0 aliphatic carbocycles. The van der Waals surface area contributed by atoms with Crippen molar-refractivity contribution in [1.82, 2.24) is 5.32 Å². The van der Waals surface area contributed by atoms with Crippen molar-refractivity contribution in [3.8, 4) is 11.5 Å². The van der Waals surface area contributed by atoms with Gasteiger partial charge < -0.3 is 20.1 Å². The molecule has 122 valence electrons. The number of benzene rings is 1. The molecule has 0 unspecified atom stereocenters. The molecule has 1 aliphatic heterocycles. The normalized spacial score (nSPS) is 15.4. The van der Waals surface area contributed by atoms with Gasteiger partial charge in [0.25, 0.3) is 0 Å². The SMILES string of the molecule is CCS(=O)(=O)CCNC(=O)Nc1ccc2c(c1)OC(F)(F)O2. The summed E-state index contributed by atoms with van der Waals surface area (Å²) in [5.41, 5.74) is 0.205. The van der Waals surface area contributed by atoms with Crippen LogP contribution in [0, 0.1) is 0 Å². The van der Waals surface area contributed by atoms with Crippen LogP contribution in [0.3, 0.4) is 0 Å². The van der Waals surface area contributed by atoms with Gasteiger partial charge in [-0.15, -0.1) is 8.78 Å². The first kappa shape index (κ1) is 16.3. The number of hydrogen-bond donors (Lipinski definition) is 2. The van der Waals surface area contributed by atoms with Crippen LogP contribution in [-0.2, 0) is 9.84 Å². The zero-order valence-electron chi connectivity index (χ0n) is 11.6. The third-order valence-corrected chi connectivity index (χ3v) is 4.50. The molecule has 22 heavy (non-hydrogen) atoms. The monoisotopic (exact) mass is 336 g/mol. The molecule has 0 aromatic heterocycles. The number of fused-ring (bicyclic) bond motifs is 1. The molecular formula is C12H14F2N2O5S. The van der Waals surface area contributed by atoms with Crippen molar-refractivity contribution in [1.29, 1.82) is 0 Å². The van der Waals surface area contributed by atoms with Gasteiger partial charge in [0.15, 0.2) is 21.3 Å². The molecule has 0 bridgehead atoms. The van der Waals surface area contributed by atoms with E-state index in [1.54, 1.807) is 0 Å². The Hall–Kier alpha value is -2.10. The van der Waals surface area contributed by atoms with Crippen molar-refractivity contribution in [3.63, 3.8) is 0 Å². The summed E-state index contributed by atoms with van der Waals surface area (Å²) in [6, 6.07) is 3.11. The van der Waals surface area contributed by atoms with Crippen LogP contribution in [0.2, 0.25) is 0 Å². The molecule has 1 aromatic carbocycles. The minimum atomic E-state index is -3.72. The van der Waals surface area contributed by atoms with Gasteiger partial charge in [-0.25, -0.2) is 13.2 Å². The quantitative estimate of drug-likeness (QED) is 0.851. The summed E-state index contributed by atoms with van der Waals surface area (Å²) in [6.45, 7) is 1.46. The molecule has 0 spiro atoms. The summed E-state index contributed by atoms with van der Waals surface area (Å²) in [4.78, 5) is 11.6. The van der Waals surface area contributed by atoms with Gasteiger partial charge in [0.2, 0.25) is 0 Å². The van der Waals surface area contributed by atoms with Crippen molar-refractivity contribution in [2.75, 3.05) is 23.4 Å². The third-order valence-electron chi connectivity index (χ3n) is 2.80.